The summed E-state index contributed by atoms with van der Waals surface area (Å²) in [5.41, 5.74) is 2.57. The van der Waals surface area contributed by atoms with Crippen molar-refractivity contribution in [2.45, 2.75) is 32.2 Å². The van der Waals surface area contributed by atoms with Crippen LogP contribution in [0.4, 0.5) is 5.69 Å². The monoisotopic (exact) mass is 410 g/mol. The number of quaternary nitrogens is 1. The number of carbonyl (C=O) groups is 1. The smallest absolute Gasteiger partial charge is 0.279 e. The Hall–Kier alpha value is -1.74. The van der Waals surface area contributed by atoms with E-state index in [2.05, 4.69) is 16.8 Å². The second-order valence-electron chi connectivity index (χ2n) is 6.56. The molecule has 6 nitrogen and oxygen atoms in total. The maximum Gasteiger partial charge on any atom is 0.279 e. The predicted octanol–water partition coefficient (Wildman–Crippen LogP) is 1.74. The Kier molecular flexibility index (Phi) is 7.55. The Balaban J connectivity index is 2.10. The van der Waals surface area contributed by atoms with E-state index in [4.69, 9.17) is 0 Å². The zero-order valence-electron chi connectivity index (χ0n) is 16.3. The van der Waals surface area contributed by atoms with Gasteiger partial charge in [0.05, 0.1) is 11.9 Å². The largest absolute Gasteiger partial charge is 0.326 e. The van der Waals surface area contributed by atoms with Gasteiger partial charge in [-0.1, -0.05) is 19.9 Å². The molecule has 27 heavy (non-hydrogen) atoms. The van der Waals surface area contributed by atoms with Gasteiger partial charge in [-0.25, -0.2) is 8.42 Å². The molecule has 2 N–H and O–H groups in total. The van der Waals surface area contributed by atoms with Crippen molar-refractivity contribution in [2.75, 3.05) is 32.0 Å². The van der Waals surface area contributed by atoms with E-state index in [1.54, 1.807) is 29.5 Å². The van der Waals surface area contributed by atoms with Crippen LogP contribution in [0.25, 0.3) is 0 Å². The number of nitrogens with zero attached hydrogens (tertiary/aromatic N) is 1. The van der Waals surface area contributed by atoms with E-state index in [0.29, 0.717) is 25.3 Å². The van der Waals surface area contributed by atoms with E-state index >= 15 is 0 Å². The number of rotatable bonds is 9. The molecule has 0 aliphatic heterocycles. The van der Waals surface area contributed by atoms with Crippen molar-refractivity contribution in [2.24, 2.45) is 0 Å². The van der Waals surface area contributed by atoms with Crippen molar-refractivity contribution in [1.29, 1.82) is 0 Å². The average Bonchev–Trinajstić information content (AvgIpc) is 3.10. The Morgan fingerprint density at radius 2 is 1.93 bits per heavy atom. The number of thiophene rings is 1. The van der Waals surface area contributed by atoms with Crippen LogP contribution in [-0.4, -0.2) is 45.3 Å². The van der Waals surface area contributed by atoms with Crippen LogP contribution in [0, 0.1) is 6.92 Å². The second kappa shape index (κ2) is 9.45. The van der Waals surface area contributed by atoms with Gasteiger partial charge in [0, 0.05) is 24.3 Å². The molecule has 0 spiro atoms. The van der Waals surface area contributed by atoms with Gasteiger partial charge in [0.15, 0.2) is 6.54 Å². The molecule has 1 amide bonds. The van der Waals surface area contributed by atoms with Crippen molar-refractivity contribution in [3.05, 3.63) is 46.2 Å². The molecule has 1 aromatic heterocycles. The third-order valence-electron chi connectivity index (χ3n) is 4.37. The number of hydrogen-bond acceptors (Lipinski definition) is 4. The van der Waals surface area contributed by atoms with E-state index in [-0.39, 0.29) is 10.8 Å². The quantitative estimate of drug-likeness (QED) is 0.662. The van der Waals surface area contributed by atoms with Crippen molar-refractivity contribution in [1.82, 2.24) is 4.31 Å². The Morgan fingerprint density at radius 3 is 2.52 bits per heavy atom. The third kappa shape index (κ3) is 5.62. The van der Waals surface area contributed by atoms with Crippen molar-refractivity contribution >= 4 is 33.0 Å². The van der Waals surface area contributed by atoms with E-state index < -0.39 is 10.0 Å². The predicted molar refractivity (Wildman–Crippen MR) is 110 cm³/mol. The van der Waals surface area contributed by atoms with Gasteiger partial charge < -0.3 is 10.2 Å². The summed E-state index contributed by atoms with van der Waals surface area (Å²) in [5.74, 6) is -0.136. The molecule has 1 unspecified atom stereocenters. The summed E-state index contributed by atoms with van der Waals surface area (Å²) in [6, 6.07) is 6.92. The van der Waals surface area contributed by atoms with Gasteiger partial charge in [0.25, 0.3) is 5.91 Å². The minimum absolute atomic E-state index is 0.136. The zero-order valence-corrected chi connectivity index (χ0v) is 17.9. The van der Waals surface area contributed by atoms with Crippen molar-refractivity contribution < 1.29 is 18.1 Å². The van der Waals surface area contributed by atoms with Gasteiger partial charge in [-0.3, -0.25) is 4.79 Å². The topological polar surface area (TPSA) is 70.9 Å². The first-order chi connectivity index (χ1) is 12.8. The molecule has 0 aliphatic rings. The van der Waals surface area contributed by atoms with Crippen LogP contribution in [0.5, 0.6) is 0 Å². The lowest BCUT2D eigenvalue weighted by Crippen LogP contribution is -3.08. The molecule has 1 atom stereocenters. The zero-order chi connectivity index (χ0) is 20.0. The third-order valence-corrected chi connectivity index (χ3v) is 7.15. The summed E-state index contributed by atoms with van der Waals surface area (Å²) < 4.78 is 26.8. The first-order valence-electron chi connectivity index (χ1n) is 9.01. The van der Waals surface area contributed by atoms with E-state index in [1.165, 1.54) is 9.87 Å². The second-order valence-corrected chi connectivity index (χ2v) is 9.27. The number of amides is 1. The number of sulfonamides is 1. The number of anilines is 1. The molecule has 0 saturated heterocycles. The minimum atomic E-state index is -3.56. The van der Waals surface area contributed by atoms with Gasteiger partial charge in [0.1, 0.15) is 6.54 Å². The maximum atomic E-state index is 12.7. The molecule has 148 valence electrons. The lowest BCUT2D eigenvalue weighted by atomic mass is 10.2. The van der Waals surface area contributed by atoms with Gasteiger partial charge in [-0.15, -0.1) is 0 Å². The summed E-state index contributed by atoms with van der Waals surface area (Å²) in [4.78, 5) is 13.7. The van der Waals surface area contributed by atoms with Crippen LogP contribution >= 0.6 is 11.3 Å². The number of carbonyl (C=O) groups excluding carboxylic acids is 1. The molecular weight excluding hydrogens is 382 g/mol. The van der Waals surface area contributed by atoms with E-state index in [1.807, 2.05) is 33.2 Å². The first kappa shape index (κ1) is 21.6. The lowest BCUT2D eigenvalue weighted by molar-refractivity contribution is -0.885. The minimum Gasteiger partial charge on any atom is -0.326 e. The van der Waals surface area contributed by atoms with Crippen LogP contribution in [0.3, 0.4) is 0 Å². The lowest BCUT2D eigenvalue weighted by Gasteiger charge is -2.19. The molecule has 0 saturated carbocycles. The highest BCUT2D eigenvalue weighted by molar-refractivity contribution is 7.89. The average molecular weight is 411 g/mol. The highest BCUT2D eigenvalue weighted by Gasteiger charge is 2.22. The van der Waals surface area contributed by atoms with Crippen LogP contribution < -0.4 is 10.2 Å². The Bertz CT molecular complexity index is 860. The molecule has 1 heterocycles. The van der Waals surface area contributed by atoms with Crippen molar-refractivity contribution in [3.63, 3.8) is 0 Å². The van der Waals surface area contributed by atoms with Gasteiger partial charge in [-0.05, 0) is 41.4 Å². The molecule has 8 heteroatoms. The number of nitrogens with one attached hydrogen (secondary N) is 2. The molecule has 0 radical (unpaired) electrons. The summed E-state index contributed by atoms with van der Waals surface area (Å²) in [6.45, 7) is 7.37. The molecule has 0 bridgehead atoms. The number of likely N-dealkylation sites (N-methyl/N-ethyl adjacent to an activating group) is 1. The summed E-state index contributed by atoms with van der Waals surface area (Å²) in [7, 11) is -1.59. The molecule has 2 rings (SSSR count). The van der Waals surface area contributed by atoms with Crippen LogP contribution in [0.2, 0.25) is 0 Å². The molecular formula is C19H28N3O3S2+. The van der Waals surface area contributed by atoms with Gasteiger partial charge >= 0.3 is 0 Å². The Labute approximate surface area is 165 Å². The SMILES string of the molecule is CCN(CC)S(=O)(=O)c1ccc(C)c(NC(=O)C[NH+](C)Cc2ccsc2)c1. The fourth-order valence-corrected chi connectivity index (χ4v) is 5.03. The fourth-order valence-electron chi connectivity index (χ4n) is 2.88. The normalized spacial score (nSPS) is 12.9. The van der Waals surface area contributed by atoms with Gasteiger partial charge in [-0.2, -0.15) is 15.6 Å². The summed E-state index contributed by atoms with van der Waals surface area (Å²) in [5, 5.41) is 6.97. The van der Waals surface area contributed by atoms with Crippen LogP contribution in [0.1, 0.15) is 25.0 Å². The number of benzene rings is 1. The number of hydrogen-bond donors (Lipinski definition) is 2. The van der Waals surface area contributed by atoms with Crippen LogP contribution in [-0.2, 0) is 21.4 Å². The van der Waals surface area contributed by atoms with Crippen LogP contribution in [0.15, 0.2) is 39.9 Å². The summed E-state index contributed by atoms with van der Waals surface area (Å²) in [6.07, 6.45) is 0. The number of aryl methyl sites for hydroxylation is 1. The van der Waals surface area contributed by atoms with E-state index in [9.17, 15) is 13.2 Å². The fraction of sp³-hybridized carbons (Fsp3) is 0.421. The summed E-state index contributed by atoms with van der Waals surface area (Å²) >= 11 is 1.64. The standard InChI is InChI=1S/C19H27N3O3S2/c1-5-22(6-2)27(24,25)17-8-7-15(3)18(11-17)20-19(23)13-21(4)12-16-9-10-26-14-16/h7-11,14H,5-6,12-13H2,1-4H3,(H,20,23)/p+1. The maximum absolute atomic E-state index is 12.7. The Morgan fingerprint density at radius 1 is 1.22 bits per heavy atom. The first-order valence-corrected chi connectivity index (χ1v) is 11.4. The highest BCUT2D eigenvalue weighted by atomic mass is 32.2. The molecule has 0 fully saturated rings. The molecule has 0 aliphatic carbocycles. The molecule has 2 aromatic rings. The highest BCUT2D eigenvalue weighted by Crippen LogP contribution is 2.22. The van der Waals surface area contributed by atoms with Crippen molar-refractivity contribution in [3.8, 4) is 0 Å². The van der Waals surface area contributed by atoms with Gasteiger partial charge in [0.2, 0.25) is 10.0 Å². The van der Waals surface area contributed by atoms with E-state index in [0.717, 1.165) is 17.0 Å². The molecule has 1 aromatic carbocycles.